The Morgan fingerprint density at radius 1 is 1.17 bits per heavy atom. The van der Waals surface area contributed by atoms with E-state index >= 15 is 0 Å². The summed E-state index contributed by atoms with van der Waals surface area (Å²) in [6.07, 6.45) is 5.14. The van der Waals surface area contributed by atoms with E-state index in [9.17, 15) is 9.59 Å². The van der Waals surface area contributed by atoms with Gasteiger partial charge in [0.1, 0.15) is 0 Å². The predicted molar refractivity (Wildman–Crippen MR) is 86.6 cm³/mol. The number of morpholine rings is 1. The third kappa shape index (κ3) is 2.45. The molecule has 3 aliphatic rings. The largest absolute Gasteiger partial charge is 0.378 e. The summed E-state index contributed by atoms with van der Waals surface area (Å²) < 4.78 is 7.01. The first-order valence-electron chi connectivity index (χ1n) is 8.51. The van der Waals surface area contributed by atoms with Crippen molar-refractivity contribution < 1.29 is 14.3 Å². The van der Waals surface area contributed by atoms with E-state index in [4.69, 9.17) is 4.74 Å². The van der Waals surface area contributed by atoms with Gasteiger partial charge in [0.05, 0.1) is 30.5 Å². The monoisotopic (exact) mass is 333 g/mol. The van der Waals surface area contributed by atoms with Gasteiger partial charge in [0.15, 0.2) is 0 Å². The van der Waals surface area contributed by atoms with E-state index in [1.807, 2.05) is 27.9 Å². The second kappa shape index (κ2) is 5.77. The topological polar surface area (TPSA) is 70.9 Å². The number of hydrogen-bond acceptors (Lipinski definition) is 4. The van der Waals surface area contributed by atoms with E-state index in [0.29, 0.717) is 45.9 Å². The van der Waals surface area contributed by atoms with Gasteiger partial charge in [0, 0.05) is 46.0 Å². The zero-order chi connectivity index (χ0) is 16.7. The van der Waals surface area contributed by atoms with Gasteiger partial charge in [-0.15, -0.1) is 0 Å². The molecule has 4 rings (SSSR count). The Kier molecular flexibility index (Phi) is 3.71. The summed E-state index contributed by atoms with van der Waals surface area (Å²) in [6, 6.07) is 0.0443. The number of nitrogens with zero attached hydrogens (tertiary/aromatic N) is 5. The van der Waals surface area contributed by atoms with Crippen LogP contribution in [-0.4, -0.2) is 77.5 Å². The van der Waals surface area contributed by atoms with Gasteiger partial charge < -0.3 is 19.4 Å². The third-order valence-electron chi connectivity index (χ3n) is 5.42. The zero-order valence-electron chi connectivity index (χ0n) is 14.0. The number of carbonyl (C=O) groups is 2. The summed E-state index contributed by atoms with van der Waals surface area (Å²) in [4.78, 5) is 31.2. The average molecular weight is 333 g/mol. The molecule has 24 heavy (non-hydrogen) atoms. The molecule has 0 aliphatic carbocycles. The lowest BCUT2D eigenvalue weighted by molar-refractivity contribution is -0.124. The van der Waals surface area contributed by atoms with Crippen LogP contribution in [0.15, 0.2) is 12.4 Å². The molecule has 3 amide bonds. The predicted octanol–water partition coefficient (Wildman–Crippen LogP) is 0.301. The molecular weight excluding hydrogens is 310 g/mol. The van der Waals surface area contributed by atoms with Crippen LogP contribution in [0.25, 0.3) is 0 Å². The van der Waals surface area contributed by atoms with Gasteiger partial charge in [-0.25, -0.2) is 4.79 Å². The van der Waals surface area contributed by atoms with Crippen LogP contribution >= 0.6 is 0 Å². The van der Waals surface area contributed by atoms with Gasteiger partial charge >= 0.3 is 6.03 Å². The number of aromatic nitrogens is 2. The molecule has 0 bridgehead atoms. The standard InChI is InChI=1S/C16H23N5O3/c1-18-11-13(10-17-18)21-5-3-16(14(21)22)2-4-20(12-16)15(23)19-6-8-24-9-7-19/h10-11H,2-9,12H2,1H3/t16-/m1/s1. The quantitative estimate of drug-likeness (QED) is 0.741. The maximum absolute atomic E-state index is 13.0. The van der Waals surface area contributed by atoms with Crippen molar-refractivity contribution in [2.75, 3.05) is 50.8 Å². The number of anilines is 1. The second-order valence-electron chi connectivity index (χ2n) is 6.91. The molecule has 0 unspecified atom stereocenters. The first kappa shape index (κ1) is 15.4. The Balaban J connectivity index is 1.45. The molecule has 4 heterocycles. The molecule has 1 aromatic rings. The maximum Gasteiger partial charge on any atom is 0.320 e. The fourth-order valence-electron chi connectivity index (χ4n) is 3.98. The first-order chi connectivity index (χ1) is 11.6. The summed E-state index contributed by atoms with van der Waals surface area (Å²) in [5, 5.41) is 4.15. The van der Waals surface area contributed by atoms with Crippen LogP contribution in [0.2, 0.25) is 0 Å². The summed E-state index contributed by atoms with van der Waals surface area (Å²) in [5.41, 5.74) is 0.426. The zero-order valence-corrected chi connectivity index (χ0v) is 14.0. The Bertz CT molecular complexity index is 654. The summed E-state index contributed by atoms with van der Waals surface area (Å²) in [6.45, 7) is 4.35. The lowest BCUT2D eigenvalue weighted by Gasteiger charge is -2.31. The van der Waals surface area contributed by atoms with Gasteiger partial charge in [0.25, 0.3) is 0 Å². The maximum atomic E-state index is 13.0. The van der Waals surface area contributed by atoms with E-state index in [2.05, 4.69) is 5.10 Å². The van der Waals surface area contributed by atoms with Gasteiger partial charge in [-0.05, 0) is 12.8 Å². The molecule has 0 N–H and O–H groups in total. The third-order valence-corrected chi connectivity index (χ3v) is 5.42. The molecule has 3 fully saturated rings. The smallest absolute Gasteiger partial charge is 0.320 e. The first-order valence-corrected chi connectivity index (χ1v) is 8.51. The van der Waals surface area contributed by atoms with Crippen molar-refractivity contribution >= 4 is 17.6 Å². The van der Waals surface area contributed by atoms with Crippen LogP contribution in [0.4, 0.5) is 10.5 Å². The van der Waals surface area contributed by atoms with Crippen molar-refractivity contribution in [2.45, 2.75) is 12.8 Å². The normalized spacial score (nSPS) is 27.5. The van der Waals surface area contributed by atoms with Crippen LogP contribution in [0, 0.1) is 5.41 Å². The Morgan fingerprint density at radius 3 is 2.62 bits per heavy atom. The average Bonchev–Trinajstić information content (AvgIpc) is 3.30. The minimum absolute atomic E-state index is 0.0443. The molecule has 3 saturated heterocycles. The molecule has 8 heteroatoms. The Labute approximate surface area is 140 Å². The van der Waals surface area contributed by atoms with E-state index in [1.54, 1.807) is 10.9 Å². The number of amides is 3. The molecule has 0 radical (unpaired) electrons. The molecule has 1 atom stereocenters. The summed E-state index contributed by atoms with van der Waals surface area (Å²) >= 11 is 0. The van der Waals surface area contributed by atoms with Crippen LogP contribution < -0.4 is 4.90 Å². The number of carbonyl (C=O) groups excluding carboxylic acids is 2. The van der Waals surface area contributed by atoms with Crippen LogP contribution in [0.3, 0.4) is 0 Å². The molecule has 8 nitrogen and oxygen atoms in total. The van der Waals surface area contributed by atoms with E-state index < -0.39 is 5.41 Å². The van der Waals surface area contributed by atoms with Gasteiger partial charge in [-0.3, -0.25) is 9.48 Å². The van der Waals surface area contributed by atoms with Crippen LogP contribution in [-0.2, 0) is 16.6 Å². The molecule has 130 valence electrons. The molecule has 0 aromatic carbocycles. The highest BCUT2D eigenvalue weighted by Crippen LogP contribution is 2.42. The van der Waals surface area contributed by atoms with Gasteiger partial charge in [-0.1, -0.05) is 0 Å². The molecule has 0 saturated carbocycles. The highest BCUT2D eigenvalue weighted by atomic mass is 16.5. The van der Waals surface area contributed by atoms with Gasteiger partial charge in [-0.2, -0.15) is 5.10 Å². The number of likely N-dealkylation sites (tertiary alicyclic amines) is 1. The van der Waals surface area contributed by atoms with Gasteiger partial charge in [0.2, 0.25) is 5.91 Å². The minimum Gasteiger partial charge on any atom is -0.378 e. The number of rotatable bonds is 1. The molecule has 1 spiro atoms. The van der Waals surface area contributed by atoms with Crippen molar-refractivity contribution in [1.29, 1.82) is 0 Å². The van der Waals surface area contributed by atoms with Crippen LogP contribution in [0.1, 0.15) is 12.8 Å². The molecular formula is C16H23N5O3. The van der Waals surface area contributed by atoms with Crippen molar-refractivity contribution in [3.05, 3.63) is 12.4 Å². The van der Waals surface area contributed by atoms with E-state index in [0.717, 1.165) is 18.5 Å². The minimum atomic E-state index is -0.419. The SMILES string of the molecule is Cn1cc(N2CC[C@@]3(CCN(C(=O)N4CCOCC4)C3)C2=O)cn1. The number of aryl methyl sites for hydroxylation is 1. The Hall–Kier alpha value is -2.09. The van der Waals surface area contributed by atoms with E-state index in [-0.39, 0.29) is 11.9 Å². The summed E-state index contributed by atoms with van der Waals surface area (Å²) in [5.74, 6) is 0.132. The molecule has 3 aliphatic heterocycles. The Morgan fingerprint density at radius 2 is 1.92 bits per heavy atom. The van der Waals surface area contributed by atoms with Crippen molar-refractivity contribution in [3.63, 3.8) is 0 Å². The fourth-order valence-corrected chi connectivity index (χ4v) is 3.98. The highest BCUT2D eigenvalue weighted by molar-refractivity contribution is 6.00. The number of urea groups is 1. The molecule has 1 aromatic heterocycles. The lowest BCUT2D eigenvalue weighted by atomic mass is 9.85. The van der Waals surface area contributed by atoms with Crippen molar-refractivity contribution in [2.24, 2.45) is 12.5 Å². The van der Waals surface area contributed by atoms with Crippen LogP contribution in [0.5, 0.6) is 0 Å². The second-order valence-corrected chi connectivity index (χ2v) is 6.91. The van der Waals surface area contributed by atoms with Crippen molar-refractivity contribution in [3.8, 4) is 0 Å². The summed E-state index contributed by atoms with van der Waals surface area (Å²) in [7, 11) is 1.85. The number of ether oxygens (including phenoxy) is 1. The highest BCUT2D eigenvalue weighted by Gasteiger charge is 2.52. The number of hydrogen-bond donors (Lipinski definition) is 0. The van der Waals surface area contributed by atoms with E-state index in [1.165, 1.54) is 0 Å². The lowest BCUT2D eigenvalue weighted by Crippen LogP contribution is -2.48. The van der Waals surface area contributed by atoms with Crippen molar-refractivity contribution in [1.82, 2.24) is 19.6 Å². The fraction of sp³-hybridized carbons (Fsp3) is 0.688.